The van der Waals surface area contributed by atoms with Gasteiger partial charge >= 0.3 is 0 Å². The molecule has 26 heavy (non-hydrogen) atoms. The number of carbonyl (C=O) groups excluding carboxylic acids is 1. The quantitative estimate of drug-likeness (QED) is 0.742. The molecule has 2 aliphatic heterocycles. The third kappa shape index (κ3) is 2.13. The van der Waals surface area contributed by atoms with Gasteiger partial charge in [0.15, 0.2) is 5.72 Å². The summed E-state index contributed by atoms with van der Waals surface area (Å²) in [6.07, 6.45) is 5.60. The molecule has 0 radical (unpaired) electrons. The Morgan fingerprint density at radius 3 is 2.77 bits per heavy atom. The van der Waals surface area contributed by atoms with Crippen LogP contribution in [0.25, 0.3) is 0 Å². The topological polar surface area (TPSA) is 32.8 Å². The Labute approximate surface area is 152 Å². The van der Waals surface area contributed by atoms with Crippen LogP contribution in [0.15, 0.2) is 42.5 Å². The van der Waals surface area contributed by atoms with Gasteiger partial charge in [0.2, 0.25) is 5.91 Å². The largest absolute Gasteiger partial charge is 0.350 e. The molecule has 0 saturated carbocycles. The summed E-state index contributed by atoms with van der Waals surface area (Å²) in [4.78, 5) is 16.5. The predicted molar refractivity (Wildman–Crippen MR) is 97.1 cm³/mol. The molecule has 5 heteroatoms. The normalized spacial score (nSPS) is 25.4. The number of ether oxygens (including phenoxy) is 1. The molecule has 0 spiro atoms. The van der Waals surface area contributed by atoms with Crippen molar-refractivity contribution in [1.82, 2.24) is 4.90 Å². The van der Waals surface area contributed by atoms with Crippen molar-refractivity contribution >= 4 is 11.6 Å². The second kappa shape index (κ2) is 5.94. The highest BCUT2D eigenvalue weighted by molar-refractivity contribution is 5.98. The highest BCUT2D eigenvalue weighted by Crippen LogP contribution is 2.48. The van der Waals surface area contributed by atoms with E-state index in [9.17, 15) is 9.18 Å². The van der Waals surface area contributed by atoms with Gasteiger partial charge in [0.05, 0.1) is 18.3 Å². The van der Waals surface area contributed by atoms with Crippen molar-refractivity contribution in [3.05, 3.63) is 65.0 Å². The minimum absolute atomic E-state index is 0.0663. The Hall–Kier alpha value is -2.68. The van der Waals surface area contributed by atoms with E-state index in [-0.39, 0.29) is 11.7 Å². The number of likely N-dealkylation sites (N-methyl/N-ethyl adjacent to an activating group) is 1. The molecular formula is C21H19FN2O2. The molecule has 2 heterocycles. The van der Waals surface area contributed by atoms with E-state index in [1.807, 2.05) is 24.0 Å². The molecule has 0 N–H and O–H groups in total. The number of hydrogen-bond acceptors (Lipinski definition) is 3. The number of carbonyl (C=O) groups is 1. The Balaban J connectivity index is 2.10. The van der Waals surface area contributed by atoms with Crippen LogP contribution in [-0.2, 0) is 15.3 Å². The molecular weight excluding hydrogens is 331 g/mol. The number of hydrogen-bond donors (Lipinski definition) is 0. The summed E-state index contributed by atoms with van der Waals surface area (Å²) in [5.74, 6) is 2.19. The van der Waals surface area contributed by atoms with E-state index in [1.54, 1.807) is 36.2 Å². The van der Waals surface area contributed by atoms with E-state index < -0.39 is 11.8 Å². The third-order valence-electron chi connectivity index (χ3n) is 5.33. The van der Waals surface area contributed by atoms with Crippen LogP contribution in [-0.4, -0.2) is 37.0 Å². The standard InChI is InChI=1S/C21H19FN2O2/c1-4-15-9-10-19-17(13-15)21(16-7-5-6-8-18(16)22)24(11-12-26-21)14(2)20(25)23(19)3/h1,5-10,13-14H,11-12H2,2-3H3. The second-order valence-corrected chi connectivity index (χ2v) is 6.62. The van der Waals surface area contributed by atoms with E-state index in [2.05, 4.69) is 5.92 Å². The van der Waals surface area contributed by atoms with Gasteiger partial charge in [-0.1, -0.05) is 24.1 Å². The summed E-state index contributed by atoms with van der Waals surface area (Å²) in [5, 5.41) is 0. The maximum atomic E-state index is 14.9. The number of rotatable bonds is 1. The number of halogens is 1. The monoisotopic (exact) mass is 350 g/mol. The lowest BCUT2D eigenvalue weighted by Crippen LogP contribution is -2.51. The van der Waals surface area contributed by atoms with E-state index in [4.69, 9.17) is 11.2 Å². The molecule has 4 nitrogen and oxygen atoms in total. The van der Waals surface area contributed by atoms with Crippen LogP contribution in [0.3, 0.4) is 0 Å². The molecule has 0 bridgehead atoms. The maximum Gasteiger partial charge on any atom is 0.243 e. The molecule has 2 unspecified atom stereocenters. The van der Waals surface area contributed by atoms with Gasteiger partial charge in [-0.05, 0) is 31.2 Å². The first-order valence-corrected chi connectivity index (χ1v) is 8.55. The number of nitrogens with zero attached hydrogens (tertiary/aromatic N) is 2. The Kier molecular flexibility index (Phi) is 3.83. The molecule has 0 aliphatic carbocycles. The van der Waals surface area contributed by atoms with Gasteiger partial charge in [-0.2, -0.15) is 0 Å². The lowest BCUT2D eigenvalue weighted by molar-refractivity contribution is -0.129. The van der Waals surface area contributed by atoms with Crippen LogP contribution in [0.1, 0.15) is 23.6 Å². The van der Waals surface area contributed by atoms with Crippen LogP contribution in [0.2, 0.25) is 0 Å². The van der Waals surface area contributed by atoms with E-state index in [0.717, 1.165) is 0 Å². The number of terminal acetylenes is 1. The van der Waals surface area contributed by atoms with Crippen molar-refractivity contribution in [2.75, 3.05) is 25.1 Å². The molecule has 132 valence electrons. The van der Waals surface area contributed by atoms with Gasteiger partial charge in [0, 0.05) is 30.3 Å². The van der Waals surface area contributed by atoms with Crippen LogP contribution in [0.5, 0.6) is 0 Å². The van der Waals surface area contributed by atoms with Crippen molar-refractivity contribution in [3.63, 3.8) is 0 Å². The fraction of sp³-hybridized carbons (Fsp3) is 0.286. The first-order valence-electron chi connectivity index (χ1n) is 8.55. The van der Waals surface area contributed by atoms with Crippen molar-refractivity contribution < 1.29 is 13.9 Å². The smallest absolute Gasteiger partial charge is 0.243 e. The molecule has 2 aromatic rings. The van der Waals surface area contributed by atoms with Crippen LogP contribution >= 0.6 is 0 Å². The van der Waals surface area contributed by atoms with E-state index in [0.29, 0.717) is 35.5 Å². The van der Waals surface area contributed by atoms with Crippen molar-refractivity contribution in [3.8, 4) is 12.3 Å². The van der Waals surface area contributed by atoms with Crippen LogP contribution in [0.4, 0.5) is 10.1 Å². The number of fused-ring (bicyclic) bond motifs is 3. The first-order chi connectivity index (χ1) is 12.5. The second-order valence-electron chi connectivity index (χ2n) is 6.62. The van der Waals surface area contributed by atoms with Gasteiger partial charge in [0.1, 0.15) is 5.82 Å². The van der Waals surface area contributed by atoms with Gasteiger partial charge < -0.3 is 9.64 Å². The van der Waals surface area contributed by atoms with Crippen LogP contribution in [0, 0.1) is 18.2 Å². The van der Waals surface area contributed by atoms with Gasteiger partial charge in [-0.15, -0.1) is 6.42 Å². The molecule has 1 fully saturated rings. The SMILES string of the molecule is C#Cc1ccc2c(c1)C1(c3ccccc3F)OCCN1C(C)C(=O)N2C. The molecule has 0 aromatic heterocycles. The Morgan fingerprint density at radius 2 is 2.04 bits per heavy atom. The van der Waals surface area contributed by atoms with Crippen LogP contribution < -0.4 is 4.90 Å². The zero-order valence-electron chi connectivity index (χ0n) is 14.7. The first kappa shape index (κ1) is 16.8. The molecule has 1 amide bonds. The molecule has 2 aromatic carbocycles. The summed E-state index contributed by atoms with van der Waals surface area (Å²) < 4.78 is 21.1. The zero-order chi connectivity index (χ0) is 18.5. The minimum atomic E-state index is -1.19. The van der Waals surface area contributed by atoms with Gasteiger partial charge in [-0.3, -0.25) is 9.69 Å². The Bertz CT molecular complexity index is 936. The molecule has 2 atom stereocenters. The summed E-state index contributed by atoms with van der Waals surface area (Å²) in [6.45, 7) is 2.75. The molecule has 4 rings (SSSR count). The van der Waals surface area contributed by atoms with Crippen molar-refractivity contribution in [2.24, 2.45) is 0 Å². The fourth-order valence-corrected chi connectivity index (χ4v) is 4.07. The highest BCUT2D eigenvalue weighted by Gasteiger charge is 2.54. The average Bonchev–Trinajstić information content (AvgIpc) is 3.09. The van der Waals surface area contributed by atoms with Crippen molar-refractivity contribution in [2.45, 2.75) is 18.7 Å². The molecule has 1 saturated heterocycles. The van der Waals surface area contributed by atoms with E-state index in [1.165, 1.54) is 6.07 Å². The summed E-state index contributed by atoms with van der Waals surface area (Å²) in [6, 6.07) is 11.5. The summed E-state index contributed by atoms with van der Waals surface area (Å²) in [7, 11) is 1.73. The zero-order valence-corrected chi connectivity index (χ0v) is 14.7. The fourth-order valence-electron chi connectivity index (χ4n) is 4.07. The Morgan fingerprint density at radius 1 is 1.27 bits per heavy atom. The van der Waals surface area contributed by atoms with Gasteiger partial charge in [0.25, 0.3) is 0 Å². The minimum Gasteiger partial charge on any atom is -0.350 e. The van der Waals surface area contributed by atoms with Crippen molar-refractivity contribution in [1.29, 1.82) is 0 Å². The lowest BCUT2D eigenvalue weighted by Gasteiger charge is -2.39. The molecule has 2 aliphatic rings. The average molecular weight is 350 g/mol. The third-order valence-corrected chi connectivity index (χ3v) is 5.33. The maximum absolute atomic E-state index is 14.9. The predicted octanol–water partition coefficient (Wildman–Crippen LogP) is 2.71. The lowest BCUT2D eigenvalue weighted by atomic mass is 9.89. The van der Waals surface area contributed by atoms with Gasteiger partial charge in [-0.25, -0.2) is 4.39 Å². The summed E-state index contributed by atoms with van der Waals surface area (Å²) >= 11 is 0. The van der Waals surface area contributed by atoms with E-state index >= 15 is 0 Å². The number of amides is 1. The summed E-state index contributed by atoms with van der Waals surface area (Å²) in [5.41, 5.74) is 1.23. The number of anilines is 1. The highest BCUT2D eigenvalue weighted by atomic mass is 19.1. The number of benzene rings is 2.